The number of methoxy groups -OCH3 is 4. The summed E-state index contributed by atoms with van der Waals surface area (Å²) >= 11 is -5.37. The number of hydrogen-bond acceptors (Lipinski definition) is 4. The molecule has 0 saturated carbocycles. The maximum atomic E-state index is 5.79. The van der Waals surface area contributed by atoms with E-state index in [-0.39, 0.29) is 34.9 Å². The van der Waals surface area contributed by atoms with Crippen LogP contribution < -0.4 is 18.9 Å². The third-order valence-electron chi connectivity index (χ3n) is 25.7. The molecule has 4 nitrogen and oxygen atoms in total. The Balaban J connectivity index is 0.961. The molecule has 97 heavy (non-hydrogen) atoms. The summed E-state index contributed by atoms with van der Waals surface area (Å²) < 4.78 is 22.5. The van der Waals surface area contributed by atoms with E-state index >= 15 is 0 Å². The number of hydrogen-bond donors (Lipinski definition) is 0. The van der Waals surface area contributed by atoms with E-state index in [1.165, 1.54) is 87.6 Å². The van der Waals surface area contributed by atoms with Gasteiger partial charge in [0.05, 0.1) is 0 Å². The Morgan fingerprint density at radius 3 is 0.732 bits per heavy atom. The number of fused-ring (bicyclic) bond motifs is 12. The number of ether oxygens (including phenoxy) is 4. The standard InChI is InChI=1S/2C45H40O2Si.Hf/c2*1-28-22-42-38(34-16-14-32-26-36(46-3)20-18-30(32)24-34)10-6-8-12-40(42)44(28)48(5)45-29(2)23-43-39(11-7-9-13-41(43)45)35-17-15-33-27-37(47-4)21-19-31(33)25-35;/h2*6-27,38-39,48H,1-5H3;. The summed E-state index contributed by atoms with van der Waals surface area (Å²) in [4.78, 5) is 0. The van der Waals surface area contributed by atoms with Gasteiger partial charge in [0.1, 0.15) is 0 Å². The zero-order valence-corrected chi connectivity index (χ0v) is 62.9. The zero-order chi connectivity index (χ0) is 66.1. The molecular weight excluding hydrogens is 1380 g/mol. The van der Waals surface area contributed by atoms with Gasteiger partial charge in [0.15, 0.2) is 0 Å². The molecule has 8 unspecified atom stereocenters. The second-order valence-corrected chi connectivity index (χ2v) is 60.4. The van der Waals surface area contributed by atoms with E-state index in [0.29, 0.717) is 0 Å². The summed E-state index contributed by atoms with van der Waals surface area (Å²) in [6, 6.07) is 55.2. The number of allylic oxidation sites excluding steroid dienone is 32. The Bertz CT molecular complexity index is 4760. The van der Waals surface area contributed by atoms with Gasteiger partial charge in [-0.15, -0.1) is 0 Å². The topological polar surface area (TPSA) is 36.9 Å². The molecule has 0 bridgehead atoms. The van der Waals surface area contributed by atoms with Gasteiger partial charge in [0.2, 0.25) is 0 Å². The number of benzene rings is 8. The van der Waals surface area contributed by atoms with Crippen LogP contribution in [0.5, 0.6) is 23.0 Å². The average Bonchev–Trinajstić information content (AvgIpc) is 1.52. The van der Waals surface area contributed by atoms with Crippen molar-refractivity contribution in [3.8, 4) is 23.0 Å². The molecule has 0 amide bonds. The third-order valence-corrected chi connectivity index (χ3v) is 93.3. The fourth-order valence-corrected chi connectivity index (χ4v) is 123. The molecule has 2 heterocycles. The van der Waals surface area contributed by atoms with Gasteiger partial charge in [0.25, 0.3) is 0 Å². The summed E-state index contributed by atoms with van der Waals surface area (Å²) in [6.45, 7) is 16.5. The molecule has 476 valence electrons. The molecule has 7 heteroatoms. The monoisotopic (exact) mass is 1460 g/mol. The molecule has 8 atom stereocenters. The fourth-order valence-electron chi connectivity index (χ4n) is 22.5. The first kappa shape index (κ1) is 60.5. The van der Waals surface area contributed by atoms with Crippen LogP contribution >= 0.6 is 0 Å². The summed E-state index contributed by atoms with van der Waals surface area (Å²) in [5, 5.41) is 9.72. The maximum absolute atomic E-state index is 5.79. The van der Waals surface area contributed by atoms with Crippen molar-refractivity contribution in [2.24, 2.45) is 0 Å². The SMILES string of the molecule is COc1ccc2cc(C3C=CC=CC4=C3C=C(C)[C]43[SiH](C)[C]4(C(C)=CC5=C4C=CC=CC5c4ccc5cc(OC)ccc5c4)[Hf]34[C]3(C(C)=CC5=C3C=CC=CC5c3ccc5cc(OC)ccc5c3)[SiH](C)[C]43C(C)=CC4=C3C=CC=CC4c3ccc4cc(OC)ccc4c3)ccc2c1. The van der Waals surface area contributed by atoms with E-state index in [2.05, 4.69) is 308 Å². The van der Waals surface area contributed by atoms with Gasteiger partial charge in [-0.25, -0.2) is 0 Å². The summed E-state index contributed by atoms with van der Waals surface area (Å²) in [5.41, 5.74) is 24.5. The van der Waals surface area contributed by atoms with Crippen LogP contribution in [0.4, 0.5) is 0 Å². The first-order valence-corrected chi connectivity index (χ1v) is 46.6. The minimum absolute atomic E-state index is 0.0494. The van der Waals surface area contributed by atoms with E-state index in [1.807, 2.05) is 0 Å². The quantitative estimate of drug-likeness (QED) is 0.142. The van der Waals surface area contributed by atoms with Crippen LogP contribution in [0.25, 0.3) is 43.1 Å². The Hall–Kier alpha value is -8.86. The zero-order valence-electron chi connectivity index (χ0n) is 57.0. The van der Waals surface area contributed by atoms with Crippen LogP contribution in [0.3, 0.4) is 0 Å². The third kappa shape index (κ3) is 7.66. The Kier molecular flexibility index (Phi) is 13.8. The first-order chi connectivity index (χ1) is 47.3. The predicted octanol–water partition coefficient (Wildman–Crippen LogP) is 22.0. The second-order valence-electron chi connectivity index (χ2n) is 29.0. The Morgan fingerprint density at radius 1 is 0.289 bits per heavy atom. The number of rotatable bonds is 8. The van der Waals surface area contributed by atoms with Crippen molar-refractivity contribution < 1.29 is 38.9 Å². The molecule has 0 N–H and O–H groups in total. The van der Waals surface area contributed by atoms with Crippen LogP contribution in [-0.4, -0.2) is 46.0 Å². The van der Waals surface area contributed by atoms with Crippen molar-refractivity contribution in [1.29, 1.82) is 0 Å². The van der Waals surface area contributed by atoms with E-state index in [4.69, 9.17) is 18.9 Å². The Morgan fingerprint density at radius 2 is 0.505 bits per heavy atom. The van der Waals surface area contributed by atoms with Gasteiger partial charge < -0.3 is 0 Å². The Labute approximate surface area is 578 Å². The molecule has 5 spiro atoms. The van der Waals surface area contributed by atoms with Crippen molar-refractivity contribution in [3.63, 3.8) is 0 Å². The molecule has 8 aromatic rings. The van der Waals surface area contributed by atoms with Gasteiger partial charge >= 0.3 is 583 Å². The van der Waals surface area contributed by atoms with Crippen molar-refractivity contribution in [2.45, 2.75) is 75.6 Å². The van der Waals surface area contributed by atoms with E-state index in [9.17, 15) is 0 Å². The molecule has 18 rings (SSSR count). The fraction of sp³-hybridized carbons (Fsp3) is 0.200. The van der Waals surface area contributed by atoms with Crippen molar-refractivity contribution in [1.82, 2.24) is 0 Å². The molecular formula is C90H80HfO4Si2. The van der Waals surface area contributed by atoms with Gasteiger partial charge in [0, 0.05) is 0 Å². The van der Waals surface area contributed by atoms with Crippen LogP contribution in [0, 0.1) is 0 Å². The van der Waals surface area contributed by atoms with Crippen LogP contribution in [-0.2, 0) is 20.0 Å². The molecule has 10 aliphatic rings. The van der Waals surface area contributed by atoms with E-state index in [1.54, 1.807) is 73.0 Å². The summed E-state index contributed by atoms with van der Waals surface area (Å²) in [6.07, 6.45) is 51.6. The molecule has 0 radical (unpaired) electrons. The van der Waals surface area contributed by atoms with Gasteiger partial charge in [-0.2, -0.15) is 0 Å². The molecule has 2 saturated heterocycles. The van der Waals surface area contributed by atoms with Crippen molar-refractivity contribution in [2.75, 3.05) is 28.4 Å². The van der Waals surface area contributed by atoms with E-state index < -0.39 is 37.6 Å². The normalized spacial score (nSPS) is 29.9. The second kappa shape index (κ2) is 22.1. The minimum atomic E-state index is -5.37. The van der Waals surface area contributed by atoms with Gasteiger partial charge in [-0.05, 0) is 0 Å². The van der Waals surface area contributed by atoms with Crippen molar-refractivity contribution >= 4 is 60.7 Å². The summed E-state index contributed by atoms with van der Waals surface area (Å²) in [7, 11) is 2.61. The van der Waals surface area contributed by atoms with Gasteiger partial charge in [-0.3, -0.25) is 0 Å². The molecule has 0 aromatic heterocycles. The van der Waals surface area contributed by atoms with Crippen LogP contribution in [0.1, 0.15) is 73.6 Å². The van der Waals surface area contributed by atoms with Crippen molar-refractivity contribution in [3.05, 3.63) is 356 Å². The molecule has 2 fully saturated rings. The molecule has 8 aromatic carbocycles. The first-order valence-electron chi connectivity index (χ1n) is 34.8. The van der Waals surface area contributed by atoms with E-state index in [0.717, 1.165) is 23.0 Å². The van der Waals surface area contributed by atoms with Crippen LogP contribution in [0.2, 0.25) is 24.3 Å². The molecule has 8 aliphatic carbocycles. The van der Waals surface area contributed by atoms with Crippen LogP contribution in [0.15, 0.2) is 334 Å². The average molecular weight is 1460 g/mol. The molecule has 2 aliphatic heterocycles. The predicted molar refractivity (Wildman–Crippen MR) is 406 cm³/mol. The van der Waals surface area contributed by atoms with Gasteiger partial charge in [-0.1, -0.05) is 0 Å². The summed E-state index contributed by atoms with van der Waals surface area (Å²) in [5.74, 6) is 3.73.